The number of carbonyl (C=O) groups is 2. The number of fused-ring (bicyclic) bond motifs is 3. The van der Waals surface area contributed by atoms with Crippen molar-refractivity contribution in [2.75, 3.05) is 26.2 Å². The third-order valence-electron chi connectivity index (χ3n) is 10.3. The number of halogens is 1. The van der Waals surface area contributed by atoms with E-state index in [2.05, 4.69) is 16.8 Å². The molecule has 0 radical (unpaired) electrons. The van der Waals surface area contributed by atoms with Crippen molar-refractivity contribution in [3.8, 4) is 0 Å². The lowest BCUT2D eigenvalue weighted by Crippen LogP contribution is -2.86. The largest absolute Gasteiger partial charge is 0.412 e. The first kappa shape index (κ1) is 33.1. The second kappa shape index (κ2) is 11.1. The molecule has 38 heavy (non-hydrogen) atoms. The van der Waals surface area contributed by atoms with Gasteiger partial charge in [-0.05, 0) is 58.0 Å². The van der Waals surface area contributed by atoms with Gasteiger partial charge in [0.2, 0.25) is 5.91 Å². The van der Waals surface area contributed by atoms with Crippen LogP contribution < -0.4 is 5.32 Å². The Morgan fingerprint density at radius 2 is 1.76 bits per heavy atom. The molecule has 2 heterocycles. The molecule has 4 fully saturated rings. The second-order valence-corrected chi connectivity index (χ2v) is 13.0. The summed E-state index contributed by atoms with van der Waals surface area (Å²) in [5.74, 6) is -2.85. The van der Waals surface area contributed by atoms with Crippen molar-refractivity contribution >= 4 is 24.1 Å². The summed E-state index contributed by atoms with van der Waals surface area (Å²) in [5, 5.41) is 38.8. The van der Waals surface area contributed by atoms with Crippen LogP contribution in [0.25, 0.3) is 0 Å². The highest BCUT2D eigenvalue weighted by molar-refractivity contribution is 5.94. The highest BCUT2D eigenvalue weighted by Gasteiger charge is 2.81. The predicted molar refractivity (Wildman–Crippen MR) is 147 cm³/mol. The van der Waals surface area contributed by atoms with Gasteiger partial charge in [-0.25, -0.2) is 0 Å². The molecule has 8 atom stereocenters. The number of ether oxygens (including phenoxy) is 1. The van der Waals surface area contributed by atoms with Crippen molar-refractivity contribution in [1.29, 1.82) is 0 Å². The Labute approximate surface area is 233 Å². The molecular weight excluding hydrogens is 512 g/mol. The van der Waals surface area contributed by atoms with Gasteiger partial charge < -0.3 is 35.7 Å². The van der Waals surface area contributed by atoms with E-state index in [0.717, 1.165) is 25.9 Å². The lowest BCUT2D eigenvalue weighted by atomic mass is 9.38. The number of rotatable bonds is 5. The highest BCUT2D eigenvalue weighted by Crippen LogP contribution is 2.67. The number of likely N-dealkylation sites (tertiary alicyclic amines) is 1. The van der Waals surface area contributed by atoms with E-state index in [1.54, 1.807) is 20.8 Å². The molecule has 0 bridgehead atoms. The number of nitrogens with one attached hydrogen (secondary N) is 1. The van der Waals surface area contributed by atoms with E-state index in [-0.39, 0.29) is 24.3 Å². The number of amides is 1. The second-order valence-electron chi connectivity index (χ2n) is 13.0. The molecule has 0 aromatic heterocycles. The number of piperidine rings is 1. The van der Waals surface area contributed by atoms with E-state index >= 15 is 0 Å². The molecule has 4 aliphatic rings. The molecule has 2 saturated heterocycles. The summed E-state index contributed by atoms with van der Waals surface area (Å²) < 4.78 is 6.49. The number of ketones is 1. The smallest absolute Gasteiger partial charge is 0.228 e. The fourth-order valence-electron chi connectivity index (χ4n) is 8.38. The maximum atomic E-state index is 13.9. The van der Waals surface area contributed by atoms with Crippen LogP contribution in [-0.4, -0.2) is 92.6 Å². The predicted octanol–water partition coefficient (Wildman–Crippen LogP) is 1.40. The molecule has 2 aliphatic heterocycles. The summed E-state index contributed by atoms with van der Waals surface area (Å²) in [7, 11) is 0. The Balaban J connectivity index is 0.00000253. The minimum Gasteiger partial charge on any atom is -0.412 e. The molecule has 0 aromatic rings. The Kier molecular flexibility index (Phi) is 9.65. The zero-order valence-corrected chi connectivity index (χ0v) is 24.4. The van der Waals surface area contributed by atoms with Gasteiger partial charge in [-0.1, -0.05) is 33.3 Å². The Bertz CT molecular complexity index is 912. The minimum atomic E-state index is -2.18. The number of nitrogens with zero attached hydrogens (tertiary/aromatic N) is 1. The van der Waals surface area contributed by atoms with E-state index in [0.29, 0.717) is 25.9 Å². The van der Waals surface area contributed by atoms with Crippen LogP contribution in [0.15, 0.2) is 12.7 Å². The average molecular weight is 561 g/mol. The fourth-order valence-corrected chi connectivity index (χ4v) is 8.38. The number of aliphatic hydroxyl groups excluding tert-OH is 2. The van der Waals surface area contributed by atoms with E-state index in [4.69, 9.17) is 4.74 Å². The van der Waals surface area contributed by atoms with Gasteiger partial charge in [-0.15, -0.1) is 19.0 Å². The van der Waals surface area contributed by atoms with Crippen molar-refractivity contribution < 1.29 is 35.1 Å². The van der Waals surface area contributed by atoms with Crippen molar-refractivity contribution in [2.24, 2.45) is 22.7 Å². The first-order valence-corrected chi connectivity index (χ1v) is 13.6. The number of hydrogen-bond acceptors (Lipinski definition) is 7. The van der Waals surface area contributed by atoms with Crippen molar-refractivity contribution in [3.63, 3.8) is 0 Å². The number of aliphatic hydroxyl groups is 3. The topological polar surface area (TPSA) is 151 Å². The van der Waals surface area contributed by atoms with Crippen LogP contribution in [0.5, 0.6) is 0 Å². The fraction of sp³-hybridized carbons (Fsp3) is 0.857. The monoisotopic (exact) mass is 560 g/mol. The normalized spacial score (nSPS) is 44.5. The number of carbonyl (C=O) groups excluding carboxylic acids is 2. The third kappa shape index (κ3) is 4.66. The molecule has 9 nitrogen and oxygen atoms in total. The Morgan fingerprint density at radius 1 is 1.16 bits per heavy atom. The molecule has 4 rings (SSSR count). The first-order chi connectivity index (χ1) is 16.7. The van der Waals surface area contributed by atoms with Crippen LogP contribution >= 0.6 is 12.4 Å². The lowest BCUT2D eigenvalue weighted by Gasteiger charge is -2.71. The summed E-state index contributed by atoms with van der Waals surface area (Å²) in [6.45, 7) is 15.8. The van der Waals surface area contributed by atoms with Gasteiger partial charge in [0.1, 0.15) is 5.60 Å². The first-order valence-electron chi connectivity index (χ1n) is 13.6. The van der Waals surface area contributed by atoms with Crippen LogP contribution in [0.3, 0.4) is 0 Å². The standard InChI is InChI=1S/C28H46N2O6.ClH.H2O/c1-7-25(4)17-19(32)28(35)26(5)18(31)11-12-24(2,3)22(26)21(33)20(27(28,6)36-25)23(34)29-13-16-30-14-9-8-10-15-30;;/h7,18,20-22,31,33,35H,1,8-17H2,2-6H3,(H,29,34);1H;1H2/t18-,20+,21+,22-,25-,26-,27+,28-;;/m0../s1. The van der Waals surface area contributed by atoms with Gasteiger partial charge in [0.15, 0.2) is 11.4 Å². The van der Waals surface area contributed by atoms with Crippen LogP contribution in [0.4, 0.5) is 0 Å². The SMILES string of the molecule is C=C[C@@]1(C)CC(=O)[C@]2(O)[C@@]3(C)[C@@H](O)CCC(C)(C)[C@@H]3[C@H](O)[C@H](C(=O)NCCN3CCCCC3)[C@@]2(C)O1.Cl.O. The van der Waals surface area contributed by atoms with Crippen molar-refractivity contribution in [1.82, 2.24) is 10.2 Å². The third-order valence-corrected chi connectivity index (χ3v) is 10.3. The van der Waals surface area contributed by atoms with Crippen molar-refractivity contribution in [2.45, 2.75) is 102 Å². The van der Waals surface area contributed by atoms with E-state index in [1.807, 2.05) is 13.8 Å². The molecule has 0 unspecified atom stereocenters. The van der Waals surface area contributed by atoms with Gasteiger partial charge in [0.05, 0.1) is 23.7 Å². The zero-order chi connectivity index (χ0) is 26.7. The molecule has 2 saturated carbocycles. The van der Waals surface area contributed by atoms with Crippen LogP contribution in [0, 0.1) is 22.7 Å². The van der Waals surface area contributed by atoms with E-state index in [1.165, 1.54) is 12.5 Å². The molecular formula is C28H49ClN2O7. The molecule has 10 heteroatoms. The summed E-state index contributed by atoms with van der Waals surface area (Å²) in [6.07, 6.45) is 3.61. The van der Waals surface area contributed by atoms with Gasteiger partial charge in [0, 0.05) is 30.8 Å². The van der Waals surface area contributed by atoms with Gasteiger partial charge in [-0.2, -0.15) is 0 Å². The summed E-state index contributed by atoms with van der Waals surface area (Å²) in [5.41, 5.74) is -7.02. The summed E-state index contributed by atoms with van der Waals surface area (Å²) in [6, 6.07) is 0. The van der Waals surface area contributed by atoms with E-state index in [9.17, 15) is 24.9 Å². The maximum absolute atomic E-state index is 13.9. The van der Waals surface area contributed by atoms with Gasteiger partial charge in [0.25, 0.3) is 0 Å². The summed E-state index contributed by atoms with van der Waals surface area (Å²) in [4.78, 5) is 30.1. The summed E-state index contributed by atoms with van der Waals surface area (Å²) >= 11 is 0. The van der Waals surface area contributed by atoms with Crippen LogP contribution in [0.2, 0.25) is 0 Å². The molecule has 2 aliphatic carbocycles. The molecule has 6 N–H and O–H groups in total. The van der Waals surface area contributed by atoms with Crippen molar-refractivity contribution in [3.05, 3.63) is 12.7 Å². The molecule has 0 spiro atoms. The Hall–Kier alpha value is -1.07. The average Bonchev–Trinajstić information content (AvgIpc) is 2.80. The molecule has 220 valence electrons. The molecule has 0 aromatic carbocycles. The van der Waals surface area contributed by atoms with Gasteiger partial charge >= 0.3 is 0 Å². The Morgan fingerprint density at radius 3 is 2.34 bits per heavy atom. The van der Waals surface area contributed by atoms with Crippen LogP contribution in [0.1, 0.15) is 73.1 Å². The van der Waals surface area contributed by atoms with E-state index < -0.39 is 63.4 Å². The minimum absolute atomic E-state index is 0. The lowest BCUT2D eigenvalue weighted by molar-refractivity contribution is -0.355. The van der Waals surface area contributed by atoms with Crippen LogP contribution in [-0.2, 0) is 14.3 Å². The highest BCUT2D eigenvalue weighted by atomic mass is 35.5. The molecule has 1 amide bonds. The number of Topliss-reactive ketones (excluding diaryl/α,β-unsaturated/α-hetero) is 1. The zero-order valence-electron chi connectivity index (χ0n) is 23.6. The van der Waals surface area contributed by atoms with Gasteiger partial charge in [-0.3, -0.25) is 9.59 Å². The quantitative estimate of drug-likeness (QED) is 0.371. The maximum Gasteiger partial charge on any atom is 0.228 e. The number of hydrogen-bond donors (Lipinski definition) is 4.